The molecule has 1 aliphatic heterocycles. The van der Waals surface area contributed by atoms with Gasteiger partial charge in [-0.25, -0.2) is 9.97 Å². The zero-order valence-corrected chi connectivity index (χ0v) is 17.1. The van der Waals surface area contributed by atoms with E-state index >= 15 is 0 Å². The summed E-state index contributed by atoms with van der Waals surface area (Å²) in [7, 11) is 1.67. The van der Waals surface area contributed by atoms with Crippen LogP contribution in [0.1, 0.15) is 29.1 Å². The number of fused-ring (bicyclic) bond motifs is 1. The number of aromatic nitrogens is 2. The number of halogens is 1. The molecule has 0 spiro atoms. The zero-order chi connectivity index (χ0) is 20.2. The molecule has 1 aromatic carbocycles. The van der Waals surface area contributed by atoms with Crippen LogP contribution in [-0.4, -0.2) is 23.3 Å². The fraction of sp³-hybridized carbons (Fsp3) is 0.174. The van der Waals surface area contributed by atoms with Gasteiger partial charge in [0, 0.05) is 46.8 Å². The Morgan fingerprint density at radius 3 is 2.93 bits per heavy atom. The maximum Gasteiger partial charge on any atom is 0.163 e. The molecule has 0 radical (unpaired) electrons. The van der Waals surface area contributed by atoms with Crippen molar-refractivity contribution < 1.29 is 4.74 Å². The number of allylic oxidation sites excluding steroid dienone is 6. The molecule has 5 nitrogen and oxygen atoms in total. The van der Waals surface area contributed by atoms with Gasteiger partial charge in [-0.3, -0.25) is 4.99 Å². The number of hydrogen-bond acceptors (Lipinski definition) is 5. The van der Waals surface area contributed by atoms with E-state index in [0.29, 0.717) is 23.1 Å². The number of rotatable bonds is 4. The van der Waals surface area contributed by atoms with Gasteiger partial charge in [-0.05, 0) is 37.1 Å². The average molecular weight is 405 g/mol. The van der Waals surface area contributed by atoms with Gasteiger partial charge < -0.3 is 10.1 Å². The lowest BCUT2D eigenvalue weighted by Gasteiger charge is -2.15. The molecule has 0 atom stereocenters. The van der Waals surface area contributed by atoms with Crippen LogP contribution in [0.25, 0.3) is 11.6 Å². The first-order valence-corrected chi connectivity index (χ1v) is 9.77. The SMILES string of the molecule is COc1cc(Nc2nc(C3=CCC=CN=C3)nc3c2C=C(Cl)C=CC3)ccc1C. The van der Waals surface area contributed by atoms with Gasteiger partial charge in [0.1, 0.15) is 11.6 Å². The number of aryl methyl sites for hydroxylation is 1. The Balaban J connectivity index is 1.81. The predicted octanol–water partition coefficient (Wildman–Crippen LogP) is 5.60. The molecule has 2 heterocycles. The lowest BCUT2D eigenvalue weighted by Crippen LogP contribution is -2.07. The van der Waals surface area contributed by atoms with Crippen LogP contribution < -0.4 is 10.1 Å². The molecule has 6 heteroatoms. The van der Waals surface area contributed by atoms with Crippen molar-refractivity contribution in [2.75, 3.05) is 12.4 Å². The lowest BCUT2D eigenvalue weighted by atomic mass is 10.1. The van der Waals surface area contributed by atoms with E-state index in [1.54, 1.807) is 19.5 Å². The van der Waals surface area contributed by atoms with Crippen LogP contribution in [0.2, 0.25) is 0 Å². The molecule has 1 aromatic heterocycles. The predicted molar refractivity (Wildman–Crippen MR) is 120 cm³/mol. The van der Waals surface area contributed by atoms with E-state index in [1.165, 1.54) is 0 Å². The van der Waals surface area contributed by atoms with Crippen molar-refractivity contribution in [3.63, 3.8) is 0 Å². The van der Waals surface area contributed by atoms with Crippen LogP contribution in [-0.2, 0) is 6.42 Å². The van der Waals surface area contributed by atoms with Crippen LogP contribution in [0.3, 0.4) is 0 Å². The van der Waals surface area contributed by atoms with Gasteiger partial charge >= 0.3 is 0 Å². The standard InChI is InChI=1S/C23H21ClN4O/c1-15-9-10-18(13-21(15)29-2)26-23-19-12-17(24)7-5-8-20(19)27-22(28-23)16-6-3-4-11-25-14-16/h4-7,9-14H,3,8H2,1-2H3,(H,26,27,28). The summed E-state index contributed by atoms with van der Waals surface area (Å²) in [5, 5.41) is 4.07. The third-order valence-electron chi connectivity index (χ3n) is 4.70. The fourth-order valence-electron chi connectivity index (χ4n) is 3.19. The summed E-state index contributed by atoms with van der Waals surface area (Å²) in [4.78, 5) is 13.9. The van der Waals surface area contributed by atoms with Crippen molar-refractivity contribution >= 4 is 41.0 Å². The van der Waals surface area contributed by atoms with Gasteiger partial charge in [0.25, 0.3) is 0 Å². The Hall–Kier alpha value is -3.18. The van der Waals surface area contributed by atoms with E-state index in [9.17, 15) is 0 Å². The Kier molecular flexibility index (Phi) is 5.58. The smallest absolute Gasteiger partial charge is 0.163 e. The quantitative estimate of drug-likeness (QED) is 0.720. The average Bonchev–Trinajstić information content (AvgIpc) is 3.10. The second kappa shape index (κ2) is 8.45. The minimum Gasteiger partial charge on any atom is -0.496 e. The minimum atomic E-state index is 0.637. The Labute approximate surface area is 175 Å². The van der Waals surface area contributed by atoms with Gasteiger partial charge in [-0.1, -0.05) is 35.9 Å². The second-order valence-electron chi connectivity index (χ2n) is 6.76. The summed E-state index contributed by atoms with van der Waals surface area (Å²) in [6.45, 7) is 2.01. The highest BCUT2D eigenvalue weighted by Crippen LogP contribution is 2.31. The fourth-order valence-corrected chi connectivity index (χ4v) is 3.39. The number of ether oxygens (including phenoxy) is 1. The van der Waals surface area contributed by atoms with Crippen molar-refractivity contribution in [2.24, 2.45) is 4.99 Å². The van der Waals surface area contributed by atoms with Crippen molar-refractivity contribution in [1.82, 2.24) is 9.97 Å². The maximum absolute atomic E-state index is 6.33. The molecule has 0 saturated carbocycles. The first-order valence-electron chi connectivity index (χ1n) is 9.39. The van der Waals surface area contributed by atoms with E-state index < -0.39 is 0 Å². The topological polar surface area (TPSA) is 59.4 Å². The molecule has 2 aromatic rings. The Bertz CT molecular complexity index is 1100. The highest BCUT2D eigenvalue weighted by Gasteiger charge is 2.17. The molecule has 146 valence electrons. The van der Waals surface area contributed by atoms with Crippen LogP contribution >= 0.6 is 11.6 Å². The van der Waals surface area contributed by atoms with E-state index in [0.717, 1.165) is 40.3 Å². The van der Waals surface area contributed by atoms with E-state index in [2.05, 4.69) is 16.4 Å². The molecule has 1 N–H and O–H groups in total. The lowest BCUT2D eigenvalue weighted by molar-refractivity contribution is 0.412. The number of methoxy groups -OCH3 is 1. The molecular formula is C23H21ClN4O. The van der Waals surface area contributed by atoms with Gasteiger partial charge in [-0.15, -0.1) is 0 Å². The Morgan fingerprint density at radius 2 is 2.07 bits per heavy atom. The summed E-state index contributed by atoms with van der Waals surface area (Å²) in [5.41, 5.74) is 4.64. The van der Waals surface area contributed by atoms with Crippen molar-refractivity contribution in [1.29, 1.82) is 0 Å². The van der Waals surface area contributed by atoms with Crippen LogP contribution in [0.4, 0.5) is 11.5 Å². The van der Waals surface area contributed by atoms with Crippen molar-refractivity contribution in [2.45, 2.75) is 19.8 Å². The molecule has 29 heavy (non-hydrogen) atoms. The first kappa shape index (κ1) is 19.2. The molecule has 4 rings (SSSR count). The maximum atomic E-state index is 6.33. The van der Waals surface area contributed by atoms with Crippen LogP contribution in [0, 0.1) is 6.92 Å². The summed E-state index contributed by atoms with van der Waals surface area (Å²) in [6, 6.07) is 5.97. The number of nitrogens with one attached hydrogen (secondary N) is 1. The third kappa shape index (κ3) is 4.30. The van der Waals surface area contributed by atoms with E-state index in [1.807, 2.05) is 49.4 Å². The van der Waals surface area contributed by atoms with Gasteiger partial charge in [0.05, 0.1) is 12.8 Å². The van der Waals surface area contributed by atoms with E-state index in [4.69, 9.17) is 26.3 Å². The minimum absolute atomic E-state index is 0.637. The monoisotopic (exact) mass is 404 g/mol. The summed E-state index contributed by atoms with van der Waals surface area (Å²) < 4.78 is 5.46. The van der Waals surface area contributed by atoms with Crippen LogP contribution in [0.5, 0.6) is 5.75 Å². The summed E-state index contributed by atoms with van der Waals surface area (Å²) in [5.74, 6) is 2.15. The second-order valence-corrected chi connectivity index (χ2v) is 7.20. The molecule has 0 saturated heterocycles. The van der Waals surface area contributed by atoms with Crippen LogP contribution in [0.15, 0.2) is 58.7 Å². The van der Waals surface area contributed by atoms with Gasteiger partial charge in [0.2, 0.25) is 0 Å². The number of anilines is 2. The first-order chi connectivity index (χ1) is 14.1. The molecule has 0 bridgehead atoms. The Morgan fingerprint density at radius 1 is 1.17 bits per heavy atom. The highest BCUT2D eigenvalue weighted by molar-refractivity contribution is 6.33. The number of aliphatic imine (C=N–C) groups is 1. The normalized spacial score (nSPS) is 15.1. The highest BCUT2D eigenvalue weighted by atomic mass is 35.5. The molecule has 0 amide bonds. The number of nitrogens with zero attached hydrogens (tertiary/aromatic N) is 3. The third-order valence-corrected chi connectivity index (χ3v) is 4.94. The molecule has 1 aliphatic carbocycles. The van der Waals surface area contributed by atoms with Crippen molar-refractivity contribution in [3.8, 4) is 5.75 Å². The zero-order valence-electron chi connectivity index (χ0n) is 16.3. The molecule has 0 unspecified atom stereocenters. The van der Waals surface area contributed by atoms with Gasteiger partial charge in [0.15, 0.2) is 5.82 Å². The summed E-state index contributed by atoms with van der Waals surface area (Å²) in [6.07, 6.45) is 14.9. The van der Waals surface area contributed by atoms with Crippen molar-refractivity contribution in [3.05, 3.63) is 76.4 Å². The molecule has 0 fully saturated rings. The van der Waals surface area contributed by atoms with E-state index in [-0.39, 0.29) is 0 Å². The van der Waals surface area contributed by atoms with Gasteiger partial charge in [-0.2, -0.15) is 0 Å². The number of hydrogen-bond donors (Lipinski definition) is 1. The number of benzene rings is 1. The molecular weight excluding hydrogens is 384 g/mol. The largest absolute Gasteiger partial charge is 0.496 e. The summed E-state index contributed by atoms with van der Waals surface area (Å²) >= 11 is 6.33. The molecule has 2 aliphatic rings.